The average molecular weight is 403 g/mol. The molecule has 1 saturated carbocycles. The minimum absolute atomic E-state index is 0. The molecule has 0 spiro atoms. The van der Waals surface area contributed by atoms with Crippen molar-refractivity contribution in [3.05, 3.63) is 75.2 Å². The summed E-state index contributed by atoms with van der Waals surface area (Å²) in [4.78, 5) is 32.0. The van der Waals surface area contributed by atoms with Gasteiger partial charge in [-0.25, -0.2) is 4.98 Å². The predicted octanol–water partition coefficient (Wildman–Crippen LogP) is 3.90. The number of benzene rings is 1. The predicted molar refractivity (Wildman–Crippen MR) is 117 cm³/mol. The minimum atomic E-state index is -0.490. The lowest BCUT2D eigenvalue weighted by atomic mass is 9.92. The van der Waals surface area contributed by atoms with Gasteiger partial charge in [-0.05, 0) is 67.1 Å². The van der Waals surface area contributed by atoms with E-state index in [-0.39, 0.29) is 12.9 Å². The first-order chi connectivity index (χ1) is 14.5. The van der Waals surface area contributed by atoms with E-state index in [1.165, 1.54) is 11.6 Å². The summed E-state index contributed by atoms with van der Waals surface area (Å²) in [6.45, 7) is 4.69. The molecule has 1 aromatic carbocycles. The van der Waals surface area contributed by atoms with Gasteiger partial charge in [0.25, 0.3) is 0 Å². The molecule has 0 saturated heterocycles. The third-order valence-electron chi connectivity index (χ3n) is 6.26. The number of rotatable bonds is 4. The van der Waals surface area contributed by atoms with E-state index < -0.39 is 5.41 Å². The molecule has 0 atom stereocenters. The van der Waals surface area contributed by atoms with Crippen LogP contribution in [0, 0.1) is 13.8 Å². The Balaban J connectivity index is 0.00000231. The van der Waals surface area contributed by atoms with Crippen molar-refractivity contribution in [2.24, 2.45) is 0 Å². The maximum Gasteiger partial charge on any atom is 0.247 e. The molecule has 2 aliphatic rings. The zero-order valence-corrected chi connectivity index (χ0v) is 17.0. The molecule has 6 nitrogen and oxygen atoms in total. The van der Waals surface area contributed by atoms with Crippen molar-refractivity contribution in [3.63, 3.8) is 0 Å². The van der Waals surface area contributed by atoms with E-state index in [1.807, 2.05) is 32.0 Å². The lowest BCUT2D eigenvalue weighted by molar-refractivity contribution is -0.118. The van der Waals surface area contributed by atoms with Crippen LogP contribution in [0.15, 0.2) is 47.4 Å². The van der Waals surface area contributed by atoms with E-state index in [9.17, 15) is 9.59 Å². The number of H-pyrrole nitrogens is 1. The van der Waals surface area contributed by atoms with Crippen molar-refractivity contribution in [3.8, 4) is 17.0 Å². The molecule has 0 unspecified atom stereocenters. The lowest BCUT2D eigenvalue weighted by Crippen LogP contribution is -2.28. The number of hydrogen-bond acceptors (Lipinski definition) is 4. The van der Waals surface area contributed by atoms with E-state index in [2.05, 4.69) is 16.4 Å². The van der Waals surface area contributed by atoms with Crippen LogP contribution >= 0.6 is 0 Å². The molecule has 1 fully saturated rings. The SMILES string of the molecule is Cc1cc(NC(=O)C2(c3ccc4c(c3)CCO4)CC2)nc(-c2ccc(=O)[nH]c2)c1C.[HH]. The summed E-state index contributed by atoms with van der Waals surface area (Å²) in [5, 5.41) is 3.05. The van der Waals surface area contributed by atoms with Crippen molar-refractivity contribution in [2.45, 2.75) is 38.5 Å². The lowest BCUT2D eigenvalue weighted by Gasteiger charge is -2.18. The maximum absolute atomic E-state index is 13.3. The Kier molecular flexibility index (Phi) is 4.24. The highest BCUT2D eigenvalue weighted by molar-refractivity contribution is 6.01. The number of aromatic amines is 1. The van der Waals surface area contributed by atoms with Crippen LogP contribution in [0.4, 0.5) is 5.82 Å². The number of aryl methyl sites for hydroxylation is 1. The zero-order valence-electron chi connectivity index (χ0n) is 17.0. The minimum Gasteiger partial charge on any atom is -0.493 e. The fourth-order valence-electron chi connectivity index (χ4n) is 4.13. The first-order valence-corrected chi connectivity index (χ1v) is 10.2. The van der Waals surface area contributed by atoms with Crippen LogP contribution < -0.4 is 15.6 Å². The summed E-state index contributed by atoms with van der Waals surface area (Å²) in [5.41, 5.74) is 5.18. The maximum atomic E-state index is 13.3. The number of fused-ring (bicyclic) bond motifs is 1. The van der Waals surface area contributed by atoms with Crippen LogP contribution in [0.25, 0.3) is 11.3 Å². The quantitative estimate of drug-likeness (QED) is 0.692. The largest absolute Gasteiger partial charge is 0.493 e. The van der Waals surface area contributed by atoms with Crippen LogP contribution in [0.2, 0.25) is 0 Å². The third-order valence-corrected chi connectivity index (χ3v) is 6.26. The number of amides is 1. The highest BCUT2D eigenvalue weighted by atomic mass is 16.5. The van der Waals surface area contributed by atoms with E-state index in [1.54, 1.807) is 12.3 Å². The average Bonchev–Trinajstić information content (AvgIpc) is 3.42. The number of hydrogen-bond donors (Lipinski definition) is 2. The van der Waals surface area contributed by atoms with Gasteiger partial charge in [0.2, 0.25) is 11.5 Å². The van der Waals surface area contributed by atoms with Crippen LogP contribution in [0.5, 0.6) is 5.75 Å². The monoisotopic (exact) mass is 403 g/mol. The molecular weight excluding hydrogens is 378 g/mol. The number of carbonyl (C=O) groups excluding carboxylic acids is 1. The Morgan fingerprint density at radius 3 is 2.77 bits per heavy atom. The van der Waals surface area contributed by atoms with Gasteiger partial charge in [-0.2, -0.15) is 0 Å². The summed E-state index contributed by atoms with van der Waals surface area (Å²) < 4.78 is 5.60. The second kappa shape index (κ2) is 6.83. The van der Waals surface area contributed by atoms with E-state index in [0.717, 1.165) is 53.0 Å². The van der Waals surface area contributed by atoms with Crippen LogP contribution in [0.1, 0.15) is 36.5 Å². The van der Waals surface area contributed by atoms with E-state index in [0.29, 0.717) is 12.4 Å². The van der Waals surface area contributed by atoms with Crippen molar-refractivity contribution in [2.75, 3.05) is 11.9 Å². The highest BCUT2D eigenvalue weighted by Gasteiger charge is 2.51. The molecule has 1 aliphatic carbocycles. The van der Waals surface area contributed by atoms with Gasteiger partial charge < -0.3 is 15.0 Å². The number of carbonyl (C=O) groups is 1. The highest BCUT2D eigenvalue weighted by Crippen LogP contribution is 2.50. The molecule has 154 valence electrons. The molecule has 5 rings (SSSR count). The summed E-state index contributed by atoms with van der Waals surface area (Å²) in [6.07, 6.45) is 4.20. The van der Waals surface area contributed by atoms with Gasteiger partial charge in [0.05, 0.1) is 17.7 Å². The second-order valence-electron chi connectivity index (χ2n) is 8.20. The summed E-state index contributed by atoms with van der Waals surface area (Å²) in [6, 6.07) is 11.2. The fraction of sp³-hybridized carbons (Fsp3) is 0.292. The summed E-state index contributed by atoms with van der Waals surface area (Å²) >= 11 is 0. The molecule has 0 radical (unpaired) electrons. The molecule has 3 heterocycles. The van der Waals surface area contributed by atoms with Crippen molar-refractivity contribution in [1.29, 1.82) is 0 Å². The molecule has 2 N–H and O–H groups in total. The van der Waals surface area contributed by atoms with Crippen LogP contribution in [-0.4, -0.2) is 22.5 Å². The number of anilines is 1. The van der Waals surface area contributed by atoms with Gasteiger partial charge in [-0.3, -0.25) is 9.59 Å². The molecule has 3 aromatic rings. The smallest absolute Gasteiger partial charge is 0.247 e. The Labute approximate surface area is 175 Å². The Hall–Kier alpha value is -3.41. The number of nitrogens with zero attached hydrogens (tertiary/aromatic N) is 1. The van der Waals surface area contributed by atoms with E-state index >= 15 is 0 Å². The van der Waals surface area contributed by atoms with Gasteiger partial charge in [0.1, 0.15) is 11.6 Å². The number of pyridine rings is 2. The second-order valence-corrected chi connectivity index (χ2v) is 8.20. The topological polar surface area (TPSA) is 84.1 Å². The Bertz CT molecular complexity index is 1210. The van der Waals surface area contributed by atoms with Crippen LogP contribution in [0.3, 0.4) is 0 Å². The molecule has 30 heavy (non-hydrogen) atoms. The Morgan fingerprint density at radius 1 is 1.20 bits per heavy atom. The fourth-order valence-corrected chi connectivity index (χ4v) is 4.13. The van der Waals surface area contributed by atoms with Crippen molar-refractivity contribution in [1.82, 2.24) is 9.97 Å². The van der Waals surface area contributed by atoms with E-state index in [4.69, 9.17) is 9.72 Å². The first kappa shape index (κ1) is 18.6. The summed E-state index contributed by atoms with van der Waals surface area (Å²) in [5.74, 6) is 1.43. The Morgan fingerprint density at radius 2 is 2.03 bits per heavy atom. The number of aromatic nitrogens is 2. The molecular formula is C24H25N3O3. The molecule has 0 bridgehead atoms. The van der Waals surface area contributed by atoms with Crippen molar-refractivity contribution >= 4 is 11.7 Å². The van der Waals surface area contributed by atoms with Gasteiger partial charge in [0.15, 0.2) is 0 Å². The van der Waals surface area contributed by atoms with Crippen molar-refractivity contribution < 1.29 is 11.0 Å². The van der Waals surface area contributed by atoms with Crippen LogP contribution in [-0.2, 0) is 16.6 Å². The zero-order chi connectivity index (χ0) is 20.9. The standard InChI is InChI=1S/C24H23N3O3.H2/c1-14-11-20(26-22(15(14)2)17-3-6-21(28)25-13-17)27-23(29)24(8-9-24)18-4-5-19-16(12-18)7-10-30-19;/h3-6,11-13H,7-10H2,1-2H3,(H,25,28)(H,26,27,29);1H. The van der Waals surface area contributed by atoms with Gasteiger partial charge in [0, 0.05) is 25.7 Å². The molecule has 1 amide bonds. The third kappa shape index (κ3) is 3.09. The number of ether oxygens (including phenoxy) is 1. The molecule has 6 heteroatoms. The molecule has 2 aromatic heterocycles. The normalized spacial score (nSPS) is 15.9. The van der Waals surface area contributed by atoms with Gasteiger partial charge >= 0.3 is 0 Å². The first-order valence-electron chi connectivity index (χ1n) is 10.2. The number of nitrogens with one attached hydrogen (secondary N) is 2. The van der Waals surface area contributed by atoms with Gasteiger partial charge in [-0.1, -0.05) is 12.1 Å². The van der Waals surface area contributed by atoms with Gasteiger partial charge in [-0.15, -0.1) is 0 Å². The molecule has 1 aliphatic heterocycles. The summed E-state index contributed by atoms with van der Waals surface area (Å²) in [7, 11) is 0.